The van der Waals surface area contributed by atoms with E-state index in [4.69, 9.17) is 4.74 Å². The van der Waals surface area contributed by atoms with Gasteiger partial charge in [-0.1, -0.05) is 28.1 Å². The van der Waals surface area contributed by atoms with Crippen LogP contribution < -0.4 is 10.1 Å². The van der Waals surface area contributed by atoms with Gasteiger partial charge in [-0.25, -0.2) is 8.42 Å². The number of nitrogens with one attached hydrogen (secondary N) is 1. The number of rotatable bonds is 6. The van der Waals surface area contributed by atoms with E-state index in [9.17, 15) is 13.2 Å². The smallest absolute Gasteiger partial charge is 0.243 e. The second kappa shape index (κ2) is 9.28. The number of carbonyl (C=O) groups excluding carboxylic acids is 1. The third kappa shape index (κ3) is 5.18. The monoisotopic (exact) mass is 480 g/mol. The van der Waals surface area contributed by atoms with Crippen molar-refractivity contribution in [2.45, 2.75) is 30.7 Å². The maximum Gasteiger partial charge on any atom is 0.243 e. The number of ether oxygens (including phenoxy) is 1. The molecule has 3 rings (SSSR count). The van der Waals surface area contributed by atoms with Crippen LogP contribution in [-0.2, 0) is 14.8 Å². The summed E-state index contributed by atoms with van der Waals surface area (Å²) in [5, 5.41) is 3.02. The highest BCUT2D eigenvalue weighted by atomic mass is 79.9. The predicted molar refractivity (Wildman–Crippen MR) is 115 cm³/mol. The van der Waals surface area contributed by atoms with Gasteiger partial charge >= 0.3 is 0 Å². The predicted octanol–water partition coefficient (Wildman–Crippen LogP) is 3.74. The summed E-state index contributed by atoms with van der Waals surface area (Å²) in [6, 6.07) is 13.9. The molecule has 0 aliphatic carbocycles. The highest BCUT2D eigenvalue weighted by molar-refractivity contribution is 9.10. The fourth-order valence-corrected chi connectivity index (χ4v) is 5.23. The Morgan fingerprint density at radius 1 is 1.17 bits per heavy atom. The van der Waals surface area contributed by atoms with E-state index in [0.29, 0.717) is 19.4 Å². The van der Waals surface area contributed by atoms with Gasteiger partial charge in [-0.3, -0.25) is 4.79 Å². The molecule has 2 aromatic rings. The van der Waals surface area contributed by atoms with Crippen LogP contribution in [0.1, 0.15) is 31.4 Å². The van der Waals surface area contributed by atoms with E-state index in [0.717, 1.165) is 15.8 Å². The number of benzene rings is 2. The molecule has 2 atom stereocenters. The maximum atomic E-state index is 12.9. The third-order valence-corrected chi connectivity index (χ3v) is 7.59. The molecule has 1 saturated heterocycles. The topological polar surface area (TPSA) is 75.7 Å². The number of carbonyl (C=O) groups is 1. The molecule has 6 nitrogen and oxygen atoms in total. The highest BCUT2D eigenvalue weighted by Crippen LogP contribution is 2.26. The lowest BCUT2D eigenvalue weighted by Gasteiger charge is -2.32. The van der Waals surface area contributed by atoms with E-state index in [1.54, 1.807) is 31.4 Å². The van der Waals surface area contributed by atoms with Crippen molar-refractivity contribution in [3.05, 3.63) is 58.6 Å². The molecule has 0 radical (unpaired) electrons. The molecule has 1 heterocycles. The number of amides is 1. The molecule has 2 aromatic carbocycles. The fourth-order valence-electron chi connectivity index (χ4n) is 3.44. The van der Waals surface area contributed by atoms with Crippen molar-refractivity contribution in [2.75, 3.05) is 20.2 Å². The molecule has 8 heteroatoms. The first-order valence-electron chi connectivity index (χ1n) is 9.51. The number of halogens is 1. The van der Waals surface area contributed by atoms with Gasteiger partial charge in [-0.15, -0.1) is 0 Å². The zero-order valence-corrected chi connectivity index (χ0v) is 18.9. The Labute approximate surface area is 180 Å². The molecule has 1 aliphatic rings. The van der Waals surface area contributed by atoms with E-state index in [-0.39, 0.29) is 29.3 Å². The molecule has 1 fully saturated rings. The minimum absolute atomic E-state index is 0.121. The van der Waals surface area contributed by atoms with Crippen molar-refractivity contribution in [1.29, 1.82) is 0 Å². The van der Waals surface area contributed by atoms with E-state index >= 15 is 0 Å². The van der Waals surface area contributed by atoms with Crippen LogP contribution in [0.3, 0.4) is 0 Å². The number of methoxy groups -OCH3 is 1. The fraction of sp³-hybridized carbons (Fsp3) is 0.381. The summed E-state index contributed by atoms with van der Waals surface area (Å²) >= 11 is 3.32. The molecular formula is C21H25BrN2O4S. The zero-order chi connectivity index (χ0) is 21.0. The van der Waals surface area contributed by atoms with Crippen LogP contribution in [0.15, 0.2) is 57.9 Å². The van der Waals surface area contributed by atoms with Crippen molar-refractivity contribution in [3.8, 4) is 5.75 Å². The summed E-state index contributed by atoms with van der Waals surface area (Å²) in [6.07, 6.45) is 1.33. The molecule has 0 bridgehead atoms. The summed E-state index contributed by atoms with van der Waals surface area (Å²) in [5.74, 6) is 0.270. The van der Waals surface area contributed by atoms with Gasteiger partial charge in [-0.05, 0) is 61.7 Å². The number of piperidine rings is 1. The molecule has 0 aromatic heterocycles. The Bertz CT molecular complexity index is 946. The van der Waals surface area contributed by atoms with E-state index < -0.39 is 10.0 Å². The van der Waals surface area contributed by atoms with E-state index in [1.807, 2.05) is 31.2 Å². The SMILES string of the molecule is COc1ccc([C@H](C)NC(=O)[C@H]2CCCN(S(=O)(=O)c3ccc(Br)cc3)C2)cc1. The first kappa shape index (κ1) is 21.8. The lowest BCUT2D eigenvalue weighted by atomic mass is 9.98. The molecular weight excluding hydrogens is 456 g/mol. The van der Waals surface area contributed by atoms with Crippen molar-refractivity contribution in [1.82, 2.24) is 9.62 Å². The van der Waals surface area contributed by atoms with Crippen molar-refractivity contribution >= 4 is 31.9 Å². The van der Waals surface area contributed by atoms with Gasteiger partial charge in [-0.2, -0.15) is 4.31 Å². The van der Waals surface area contributed by atoms with Gasteiger partial charge in [0.05, 0.1) is 24.0 Å². The average molecular weight is 481 g/mol. The quantitative estimate of drug-likeness (QED) is 0.682. The Hall–Kier alpha value is -1.90. The van der Waals surface area contributed by atoms with Crippen LogP contribution in [-0.4, -0.2) is 38.8 Å². The van der Waals surface area contributed by atoms with Gasteiger partial charge in [0, 0.05) is 17.6 Å². The largest absolute Gasteiger partial charge is 0.497 e. The number of hydrogen-bond acceptors (Lipinski definition) is 4. The summed E-state index contributed by atoms with van der Waals surface area (Å²) in [7, 11) is -2.01. The van der Waals surface area contributed by atoms with Gasteiger partial charge in [0.15, 0.2) is 0 Å². The Morgan fingerprint density at radius 2 is 1.83 bits per heavy atom. The van der Waals surface area contributed by atoms with Crippen LogP contribution in [0.5, 0.6) is 5.75 Å². The van der Waals surface area contributed by atoms with Gasteiger partial charge in [0.1, 0.15) is 5.75 Å². The van der Waals surface area contributed by atoms with E-state index in [2.05, 4.69) is 21.2 Å². The second-order valence-electron chi connectivity index (χ2n) is 7.16. The van der Waals surface area contributed by atoms with Crippen molar-refractivity contribution < 1.29 is 17.9 Å². The summed E-state index contributed by atoms with van der Waals surface area (Å²) in [5.41, 5.74) is 0.967. The molecule has 1 N–H and O–H groups in total. The van der Waals surface area contributed by atoms with Gasteiger partial charge < -0.3 is 10.1 Å². The van der Waals surface area contributed by atoms with Gasteiger partial charge in [0.2, 0.25) is 15.9 Å². The van der Waals surface area contributed by atoms with Gasteiger partial charge in [0.25, 0.3) is 0 Å². The molecule has 0 spiro atoms. The molecule has 0 unspecified atom stereocenters. The third-order valence-electron chi connectivity index (χ3n) is 5.18. The molecule has 29 heavy (non-hydrogen) atoms. The number of nitrogens with zero attached hydrogens (tertiary/aromatic N) is 1. The van der Waals surface area contributed by atoms with Crippen molar-refractivity contribution in [2.24, 2.45) is 5.92 Å². The lowest BCUT2D eigenvalue weighted by molar-refractivity contribution is -0.126. The maximum absolute atomic E-state index is 12.9. The summed E-state index contributed by atoms with van der Waals surface area (Å²) in [4.78, 5) is 13.0. The average Bonchev–Trinajstić information content (AvgIpc) is 2.74. The van der Waals surface area contributed by atoms with Crippen LogP contribution in [0, 0.1) is 5.92 Å². The van der Waals surface area contributed by atoms with Crippen LogP contribution in [0.4, 0.5) is 0 Å². The Morgan fingerprint density at radius 3 is 2.45 bits per heavy atom. The van der Waals surface area contributed by atoms with Crippen LogP contribution >= 0.6 is 15.9 Å². The molecule has 1 amide bonds. The van der Waals surface area contributed by atoms with Crippen LogP contribution in [0.2, 0.25) is 0 Å². The standard InChI is InChI=1S/C21H25BrN2O4S/c1-15(16-5-9-19(28-2)10-6-16)23-21(25)17-4-3-13-24(14-17)29(26,27)20-11-7-18(22)8-12-20/h5-12,15,17H,3-4,13-14H2,1-2H3,(H,23,25)/t15-,17-/m0/s1. The summed E-state index contributed by atoms with van der Waals surface area (Å²) < 4.78 is 33.3. The second-order valence-corrected chi connectivity index (χ2v) is 10.0. The lowest BCUT2D eigenvalue weighted by Crippen LogP contribution is -2.45. The number of sulfonamides is 1. The number of hydrogen-bond donors (Lipinski definition) is 1. The highest BCUT2D eigenvalue weighted by Gasteiger charge is 2.33. The zero-order valence-electron chi connectivity index (χ0n) is 16.5. The summed E-state index contributed by atoms with van der Waals surface area (Å²) in [6.45, 7) is 2.54. The first-order valence-corrected chi connectivity index (χ1v) is 11.7. The minimum atomic E-state index is -3.61. The molecule has 0 saturated carbocycles. The first-order chi connectivity index (χ1) is 13.8. The Balaban J connectivity index is 1.66. The molecule has 156 valence electrons. The minimum Gasteiger partial charge on any atom is -0.497 e. The Kier molecular flexibility index (Phi) is 6.97. The molecule has 1 aliphatic heterocycles. The van der Waals surface area contributed by atoms with Crippen LogP contribution in [0.25, 0.3) is 0 Å². The van der Waals surface area contributed by atoms with Crippen molar-refractivity contribution in [3.63, 3.8) is 0 Å². The van der Waals surface area contributed by atoms with E-state index in [1.165, 1.54) is 4.31 Å². The normalized spacial score (nSPS) is 18.8.